The van der Waals surface area contributed by atoms with Crippen LogP contribution in [0.25, 0.3) is 11.2 Å². The molecule has 0 bridgehead atoms. The van der Waals surface area contributed by atoms with Gasteiger partial charge in [-0.1, -0.05) is 6.07 Å². The highest BCUT2D eigenvalue weighted by Crippen LogP contribution is 2.34. The molecule has 1 atom stereocenters. The Morgan fingerprint density at radius 2 is 2.17 bits per heavy atom. The normalized spacial score (nSPS) is 13.9. The molecular formula is C16H15N5OS2. The predicted molar refractivity (Wildman–Crippen MR) is 96.4 cm³/mol. The van der Waals surface area contributed by atoms with Gasteiger partial charge in [-0.2, -0.15) is 11.3 Å². The fraction of sp³-hybridized carbons (Fsp3) is 0.188. The third kappa shape index (κ3) is 2.48. The number of hydrogen-bond acceptors (Lipinski definition) is 7. The molecule has 0 aromatic carbocycles. The fourth-order valence-corrected chi connectivity index (χ4v) is 4.20. The van der Waals surface area contributed by atoms with Gasteiger partial charge in [-0.15, -0.1) is 11.3 Å². The number of nitrogens with one attached hydrogen (secondary N) is 1. The zero-order valence-corrected chi connectivity index (χ0v) is 14.5. The van der Waals surface area contributed by atoms with Gasteiger partial charge in [-0.3, -0.25) is 0 Å². The average molecular weight is 357 g/mol. The van der Waals surface area contributed by atoms with E-state index < -0.39 is 5.60 Å². The van der Waals surface area contributed by atoms with Crippen LogP contribution in [0, 0.1) is 0 Å². The van der Waals surface area contributed by atoms with Crippen molar-refractivity contribution in [3.63, 3.8) is 0 Å². The number of aliphatic hydroxyl groups is 1. The molecule has 8 heteroatoms. The number of anilines is 1. The average Bonchev–Trinajstić information content (AvgIpc) is 3.34. The van der Waals surface area contributed by atoms with Crippen LogP contribution in [0.15, 0.2) is 47.0 Å². The molecule has 0 saturated heterocycles. The van der Waals surface area contributed by atoms with Crippen LogP contribution in [0.4, 0.5) is 5.82 Å². The van der Waals surface area contributed by atoms with Crippen molar-refractivity contribution in [2.75, 3.05) is 11.9 Å². The molecule has 0 aliphatic carbocycles. The lowest BCUT2D eigenvalue weighted by Gasteiger charge is -2.27. The number of aromatic nitrogens is 4. The Bertz CT molecular complexity index is 912. The van der Waals surface area contributed by atoms with Gasteiger partial charge in [0.25, 0.3) is 0 Å². The minimum absolute atomic E-state index is 0.299. The lowest BCUT2D eigenvalue weighted by atomic mass is 9.94. The third-order valence-electron chi connectivity index (χ3n) is 3.94. The number of rotatable bonds is 5. The molecule has 0 aliphatic rings. The fourth-order valence-electron chi connectivity index (χ4n) is 2.63. The molecule has 6 nitrogen and oxygen atoms in total. The second-order valence-corrected chi connectivity index (χ2v) is 7.18. The van der Waals surface area contributed by atoms with Crippen LogP contribution in [0.3, 0.4) is 0 Å². The summed E-state index contributed by atoms with van der Waals surface area (Å²) in [6.45, 7) is 0.299. The van der Waals surface area contributed by atoms with Crippen molar-refractivity contribution in [2.24, 2.45) is 7.05 Å². The van der Waals surface area contributed by atoms with Gasteiger partial charge in [0.2, 0.25) is 0 Å². The molecular weight excluding hydrogens is 342 g/mol. The number of nitrogens with zero attached hydrogens (tertiary/aromatic N) is 4. The first kappa shape index (κ1) is 15.3. The van der Waals surface area contributed by atoms with Gasteiger partial charge in [0.15, 0.2) is 11.5 Å². The largest absolute Gasteiger partial charge is 0.378 e. The van der Waals surface area contributed by atoms with Gasteiger partial charge < -0.3 is 15.0 Å². The number of aryl methyl sites for hydroxylation is 1. The number of thiophene rings is 2. The lowest BCUT2D eigenvalue weighted by Crippen LogP contribution is -2.34. The number of fused-ring (bicyclic) bond motifs is 1. The second-order valence-electron chi connectivity index (χ2n) is 5.45. The molecule has 2 N–H and O–H groups in total. The first-order valence-corrected chi connectivity index (χ1v) is 9.15. The summed E-state index contributed by atoms with van der Waals surface area (Å²) in [5.41, 5.74) is 1.20. The first-order valence-electron chi connectivity index (χ1n) is 7.33. The van der Waals surface area contributed by atoms with Gasteiger partial charge >= 0.3 is 0 Å². The van der Waals surface area contributed by atoms with Gasteiger partial charge in [0.05, 0.1) is 12.9 Å². The molecule has 0 aliphatic heterocycles. The molecule has 0 spiro atoms. The monoisotopic (exact) mass is 357 g/mol. The van der Waals surface area contributed by atoms with Crippen molar-refractivity contribution in [1.29, 1.82) is 0 Å². The van der Waals surface area contributed by atoms with Gasteiger partial charge in [0.1, 0.15) is 17.4 Å². The van der Waals surface area contributed by atoms with Gasteiger partial charge in [-0.25, -0.2) is 15.0 Å². The van der Waals surface area contributed by atoms with Crippen LogP contribution in [-0.4, -0.2) is 31.2 Å². The van der Waals surface area contributed by atoms with E-state index in [1.54, 1.807) is 17.7 Å². The molecule has 0 radical (unpaired) electrons. The molecule has 4 aromatic heterocycles. The van der Waals surface area contributed by atoms with Crippen molar-refractivity contribution in [3.8, 4) is 0 Å². The third-order valence-corrected chi connectivity index (χ3v) is 5.64. The molecule has 0 amide bonds. The molecule has 0 fully saturated rings. The highest BCUT2D eigenvalue weighted by molar-refractivity contribution is 7.10. The zero-order valence-electron chi connectivity index (χ0n) is 12.9. The van der Waals surface area contributed by atoms with Crippen molar-refractivity contribution in [1.82, 2.24) is 19.5 Å². The minimum Gasteiger partial charge on any atom is -0.378 e. The van der Waals surface area contributed by atoms with E-state index in [-0.39, 0.29) is 0 Å². The van der Waals surface area contributed by atoms with Crippen molar-refractivity contribution >= 4 is 39.7 Å². The van der Waals surface area contributed by atoms with E-state index in [1.807, 2.05) is 46.0 Å². The summed E-state index contributed by atoms with van der Waals surface area (Å²) in [4.78, 5) is 13.8. The first-order chi connectivity index (χ1) is 11.7. The van der Waals surface area contributed by atoms with Crippen LogP contribution in [-0.2, 0) is 12.6 Å². The van der Waals surface area contributed by atoms with Crippen molar-refractivity contribution < 1.29 is 5.11 Å². The van der Waals surface area contributed by atoms with Crippen LogP contribution in [0.1, 0.15) is 10.4 Å². The SMILES string of the molecule is Cn1cnc2c(NCC(O)(c3ccsc3)c3cccs3)ncnc21. The lowest BCUT2D eigenvalue weighted by molar-refractivity contribution is 0.0993. The van der Waals surface area contributed by atoms with E-state index in [1.165, 1.54) is 17.7 Å². The summed E-state index contributed by atoms with van der Waals surface area (Å²) in [7, 11) is 1.89. The van der Waals surface area contributed by atoms with E-state index in [9.17, 15) is 5.11 Å². The Morgan fingerprint density at radius 1 is 1.25 bits per heavy atom. The van der Waals surface area contributed by atoms with Crippen molar-refractivity contribution in [2.45, 2.75) is 5.60 Å². The standard InChI is InChI=1S/C16H15N5OS2/c1-21-10-20-13-14(18-9-19-15(13)21)17-8-16(22,11-4-6-23-7-11)12-3-2-5-24-12/h2-7,9-10,22H,8H2,1H3,(H,17,18,19). The topological polar surface area (TPSA) is 75.9 Å². The van der Waals surface area contributed by atoms with E-state index in [0.29, 0.717) is 17.9 Å². The summed E-state index contributed by atoms with van der Waals surface area (Å²) in [6.07, 6.45) is 3.20. The van der Waals surface area contributed by atoms with Crippen LogP contribution < -0.4 is 5.32 Å². The Balaban J connectivity index is 1.69. The molecule has 24 heavy (non-hydrogen) atoms. The van der Waals surface area contributed by atoms with Crippen LogP contribution in [0.2, 0.25) is 0 Å². The van der Waals surface area contributed by atoms with E-state index in [2.05, 4.69) is 20.3 Å². The van der Waals surface area contributed by atoms with E-state index >= 15 is 0 Å². The Morgan fingerprint density at radius 3 is 2.92 bits per heavy atom. The van der Waals surface area contributed by atoms with Gasteiger partial charge in [0, 0.05) is 17.5 Å². The number of hydrogen-bond donors (Lipinski definition) is 2. The summed E-state index contributed by atoms with van der Waals surface area (Å²) in [5, 5.41) is 20.5. The second kappa shape index (κ2) is 5.97. The highest BCUT2D eigenvalue weighted by atomic mass is 32.1. The molecule has 4 rings (SSSR count). The summed E-state index contributed by atoms with van der Waals surface area (Å²) in [6, 6.07) is 5.84. The molecule has 4 aromatic rings. The predicted octanol–water partition coefficient (Wildman–Crippen LogP) is 2.83. The maximum Gasteiger partial charge on any atom is 0.165 e. The Hall–Kier alpha value is -2.29. The van der Waals surface area contributed by atoms with Crippen LogP contribution >= 0.6 is 22.7 Å². The van der Waals surface area contributed by atoms with Crippen LogP contribution in [0.5, 0.6) is 0 Å². The zero-order chi connectivity index (χ0) is 16.6. The molecule has 4 heterocycles. The molecule has 0 saturated carbocycles. The molecule has 122 valence electrons. The smallest absolute Gasteiger partial charge is 0.165 e. The quantitative estimate of drug-likeness (QED) is 0.574. The maximum atomic E-state index is 11.4. The van der Waals surface area contributed by atoms with E-state index in [4.69, 9.17) is 0 Å². The maximum absolute atomic E-state index is 11.4. The molecule has 1 unspecified atom stereocenters. The minimum atomic E-state index is -1.11. The summed E-state index contributed by atoms with van der Waals surface area (Å²) in [5.74, 6) is 0.616. The van der Waals surface area contributed by atoms with Gasteiger partial charge in [-0.05, 0) is 28.3 Å². The van der Waals surface area contributed by atoms with Crippen molar-refractivity contribution in [3.05, 3.63) is 57.4 Å². The Kier molecular flexibility index (Phi) is 3.79. The summed E-state index contributed by atoms with van der Waals surface area (Å²) < 4.78 is 1.84. The Labute approximate surface area is 146 Å². The highest BCUT2D eigenvalue weighted by Gasteiger charge is 2.33. The number of imidazole rings is 1. The summed E-state index contributed by atoms with van der Waals surface area (Å²) >= 11 is 3.10. The van der Waals surface area contributed by atoms with E-state index in [0.717, 1.165) is 16.1 Å².